The fraction of sp³-hybridized carbons (Fsp3) is 0.115. The van der Waals surface area contributed by atoms with Crippen molar-refractivity contribution in [3.05, 3.63) is 101 Å². The van der Waals surface area contributed by atoms with Crippen molar-refractivity contribution in [3.8, 4) is 6.07 Å². The Balaban J connectivity index is 1.82. The molecule has 1 aliphatic rings. The second kappa shape index (κ2) is 11.2. The molecule has 192 valence electrons. The number of amides is 1. The minimum Gasteiger partial charge on any atom is -0.369 e. The first-order valence-electron chi connectivity index (χ1n) is 11.3. The molecule has 1 aliphatic heterocycles. The van der Waals surface area contributed by atoms with Crippen LogP contribution in [-0.2, 0) is 14.8 Å². The second-order valence-electron chi connectivity index (χ2n) is 8.22. The third kappa shape index (κ3) is 6.23. The predicted octanol–water partition coefficient (Wildman–Crippen LogP) is 3.21. The molecule has 3 aromatic rings. The summed E-state index contributed by atoms with van der Waals surface area (Å²) in [5, 5.41) is 17.9. The van der Waals surface area contributed by atoms with Gasteiger partial charge in [0.2, 0.25) is 11.9 Å². The van der Waals surface area contributed by atoms with Gasteiger partial charge in [-0.3, -0.25) is 10.1 Å². The summed E-state index contributed by atoms with van der Waals surface area (Å²) in [5.74, 6) is -1.45. The SMILES string of the molecule is CC(=O)N/C(N)=N/C(=N/S(=O)(=O)c1ccc(C#N)cc1)N1CC(c2ccccc2)C(c2ccc(Cl)cc2)=N1. The number of carbonyl (C=O) groups excluding carboxylic acids is 1. The van der Waals surface area contributed by atoms with Crippen LogP contribution in [0.2, 0.25) is 5.02 Å². The highest BCUT2D eigenvalue weighted by Gasteiger charge is 2.32. The van der Waals surface area contributed by atoms with Crippen LogP contribution in [0.15, 0.2) is 98.2 Å². The number of nitrogens with one attached hydrogen (secondary N) is 1. The Morgan fingerprint density at radius 1 is 1.11 bits per heavy atom. The molecular weight excluding hydrogens is 526 g/mol. The molecular formula is C26H22ClN7O3S. The van der Waals surface area contributed by atoms with Crippen LogP contribution in [0.25, 0.3) is 0 Å². The molecule has 1 unspecified atom stereocenters. The van der Waals surface area contributed by atoms with Gasteiger partial charge < -0.3 is 5.73 Å². The fourth-order valence-corrected chi connectivity index (χ4v) is 4.82. The van der Waals surface area contributed by atoms with E-state index >= 15 is 0 Å². The van der Waals surface area contributed by atoms with Crippen molar-refractivity contribution in [2.75, 3.05) is 6.54 Å². The number of hydrogen-bond donors (Lipinski definition) is 2. The molecule has 0 saturated heterocycles. The van der Waals surface area contributed by atoms with Crippen LogP contribution in [0.4, 0.5) is 0 Å². The highest BCUT2D eigenvalue weighted by molar-refractivity contribution is 7.90. The van der Waals surface area contributed by atoms with Gasteiger partial charge in [0.05, 0.1) is 28.8 Å². The lowest BCUT2D eigenvalue weighted by molar-refractivity contribution is -0.117. The second-order valence-corrected chi connectivity index (χ2v) is 10.3. The lowest BCUT2D eigenvalue weighted by Gasteiger charge is -2.16. The van der Waals surface area contributed by atoms with Gasteiger partial charge in [-0.05, 0) is 47.5 Å². The molecule has 3 aromatic carbocycles. The highest BCUT2D eigenvalue weighted by atomic mass is 35.5. The van der Waals surface area contributed by atoms with Crippen LogP contribution >= 0.6 is 11.6 Å². The van der Waals surface area contributed by atoms with E-state index < -0.39 is 15.9 Å². The summed E-state index contributed by atoms with van der Waals surface area (Å²) in [7, 11) is -4.29. The van der Waals surface area contributed by atoms with Crippen LogP contribution in [0, 0.1) is 11.3 Å². The molecule has 4 rings (SSSR count). The van der Waals surface area contributed by atoms with Crippen LogP contribution in [0.1, 0.15) is 29.5 Å². The molecule has 0 saturated carbocycles. The molecule has 1 atom stereocenters. The summed E-state index contributed by atoms with van der Waals surface area (Å²) in [4.78, 5) is 15.5. The van der Waals surface area contributed by atoms with Gasteiger partial charge in [-0.1, -0.05) is 54.1 Å². The average Bonchev–Trinajstić information content (AvgIpc) is 3.34. The van der Waals surface area contributed by atoms with E-state index in [1.54, 1.807) is 12.1 Å². The Labute approximate surface area is 224 Å². The van der Waals surface area contributed by atoms with Crippen molar-refractivity contribution in [2.24, 2.45) is 20.2 Å². The van der Waals surface area contributed by atoms with Crippen molar-refractivity contribution in [2.45, 2.75) is 17.7 Å². The fourth-order valence-electron chi connectivity index (χ4n) is 3.76. The number of nitrogens with zero attached hydrogens (tertiary/aromatic N) is 5. The maximum Gasteiger partial charge on any atom is 0.285 e. The number of nitriles is 1. The van der Waals surface area contributed by atoms with Crippen molar-refractivity contribution < 1.29 is 13.2 Å². The van der Waals surface area contributed by atoms with Gasteiger partial charge >= 0.3 is 0 Å². The Morgan fingerprint density at radius 3 is 2.37 bits per heavy atom. The first-order chi connectivity index (χ1) is 18.2. The van der Waals surface area contributed by atoms with Crippen molar-refractivity contribution >= 4 is 45.2 Å². The summed E-state index contributed by atoms with van der Waals surface area (Å²) in [6, 6.07) is 23.9. The van der Waals surface area contributed by atoms with Gasteiger partial charge in [0.1, 0.15) is 0 Å². The number of hydrogen-bond acceptors (Lipinski definition) is 5. The summed E-state index contributed by atoms with van der Waals surface area (Å²) in [6.07, 6.45) is 0. The molecule has 10 nitrogen and oxygen atoms in total. The molecule has 1 heterocycles. The molecule has 12 heteroatoms. The molecule has 3 N–H and O–H groups in total. The van der Waals surface area contributed by atoms with E-state index in [0.29, 0.717) is 16.3 Å². The topological polar surface area (TPSA) is 153 Å². The van der Waals surface area contributed by atoms with E-state index in [4.69, 9.17) is 22.6 Å². The van der Waals surface area contributed by atoms with Gasteiger partial charge in [-0.25, -0.2) is 5.01 Å². The van der Waals surface area contributed by atoms with E-state index in [1.165, 1.54) is 36.2 Å². The van der Waals surface area contributed by atoms with Gasteiger partial charge in [0, 0.05) is 17.9 Å². The molecule has 0 radical (unpaired) electrons. The van der Waals surface area contributed by atoms with Crippen LogP contribution in [-0.4, -0.2) is 43.5 Å². The van der Waals surface area contributed by atoms with Gasteiger partial charge in [-0.2, -0.15) is 23.8 Å². The minimum absolute atomic E-state index is 0.150. The smallest absolute Gasteiger partial charge is 0.285 e. The van der Waals surface area contributed by atoms with Crippen LogP contribution in [0.3, 0.4) is 0 Å². The lowest BCUT2D eigenvalue weighted by atomic mass is 9.91. The standard InChI is InChI=1S/C26H22ClN7O3S/c1-17(35)30-25(29)31-26(33-38(36,37)22-13-7-18(15-28)8-14-22)34-16-23(19-5-3-2-4-6-19)24(32-34)20-9-11-21(27)12-10-20/h2-14,23H,16H2,1H3,(H3,29,30,31,33,35). The number of halogens is 1. The zero-order valence-corrected chi connectivity index (χ0v) is 21.7. The summed E-state index contributed by atoms with van der Waals surface area (Å²) < 4.78 is 30.3. The Kier molecular flexibility index (Phi) is 7.85. The van der Waals surface area contributed by atoms with E-state index in [0.717, 1.165) is 11.1 Å². The molecule has 0 fully saturated rings. The normalized spacial score (nSPS) is 16.1. The number of carbonyl (C=O) groups is 1. The number of rotatable bonds is 4. The quantitative estimate of drug-likeness (QED) is 0.377. The summed E-state index contributed by atoms with van der Waals surface area (Å²) >= 11 is 6.08. The number of benzene rings is 3. The van der Waals surface area contributed by atoms with Crippen molar-refractivity contribution in [3.63, 3.8) is 0 Å². The largest absolute Gasteiger partial charge is 0.369 e. The molecule has 0 spiro atoms. The number of hydrazone groups is 1. The zero-order valence-electron chi connectivity index (χ0n) is 20.1. The minimum atomic E-state index is -4.29. The maximum atomic E-state index is 13.2. The van der Waals surface area contributed by atoms with Crippen LogP contribution < -0.4 is 11.1 Å². The van der Waals surface area contributed by atoms with Crippen molar-refractivity contribution in [1.82, 2.24) is 10.3 Å². The number of nitrogens with two attached hydrogens (primary N) is 1. The number of sulfonamides is 1. The first kappa shape index (κ1) is 26.5. The Bertz CT molecular complexity index is 1580. The molecule has 0 aromatic heterocycles. The monoisotopic (exact) mass is 547 g/mol. The molecule has 1 amide bonds. The average molecular weight is 548 g/mol. The highest BCUT2D eigenvalue weighted by Crippen LogP contribution is 2.30. The zero-order chi connectivity index (χ0) is 27.3. The van der Waals surface area contributed by atoms with E-state index in [-0.39, 0.29) is 29.3 Å². The van der Waals surface area contributed by atoms with E-state index in [2.05, 4.69) is 19.8 Å². The maximum absolute atomic E-state index is 13.2. The van der Waals surface area contributed by atoms with Gasteiger partial charge in [0.25, 0.3) is 16.0 Å². The van der Waals surface area contributed by atoms with Crippen molar-refractivity contribution in [1.29, 1.82) is 5.26 Å². The van der Waals surface area contributed by atoms with E-state index in [1.807, 2.05) is 48.5 Å². The summed E-state index contributed by atoms with van der Waals surface area (Å²) in [5.41, 5.74) is 8.52. The Morgan fingerprint density at radius 2 is 1.76 bits per heavy atom. The van der Waals surface area contributed by atoms with Gasteiger partial charge in [-0.15, -0.1) is 4.40 Å². The molecule has 0 aliphatic carbocycles. The number of guanidine groups is 2. The Hall–Kier alpha value is -4.53. The molecule has 38 heavy (non-hydrogen) atoms. The lowest BCUT2D eigenvalue weighted by Crippen LogP contribution is -2.37. The first-order valence-corrected chi connectivity index (χ1v) is 13.1. The molecule has 0 bridgehead atoms. The summed E-state index contributed by atoms with van der Waals surface area (Å²) in [6.45, 7) is 1.44. The van der Waals surface area contributed by atoms with E-state index in [9.17, 15) is 13.2 Å². The van der Waals surface area contributed by atoms with Crippen LogP contribution in [0.5, 0.6) is 0 Å². The van der Waals surface area contributed by atoms with Gasteiger partial charge in [0.15, 0.2) is 0 Å². The number of aliphatic imine (C=N–C) groups is 1. The third-order valence-electron chi connectivity index (χ3n) is 5.49. The predicted molar refractivity (Wildman–Crippen MR) is 145 cm³/mol. The third-order valence-corrected chi connectivity index (χ3v) is 7.02.